The van der Waals surface area contributed by atoms with Gasteiger partial charge in [-0.2, -0.15) is 0 Å². The second-order valence-electron chi connectivity index (χ2n) is 2.76. The molecule has 0 bridgehead atoms. The van der Waals surface area contributed by atoms with Crippen molar-refractivity contribution in [2.45, 2.75) is 12.8 Å². The van der Waals surface area contributed by atoms with Crippen molar-refractivity contribution in [2.75, 3.05) is 13.1 Å². The van der Waals surface area contributed by atoms with Gasteiger partial charge in [0.15, 0.2) is 0 Å². The maximum absolute atomic E-state index is 10.9. The minimum absolute atomic E-state index is 0.321. The van der Waals surface area contributed by atoms with Crippen molar-refractivity contribution in [1.82, 2.24) is 5.32 Å². The highest BCUT2D eigenvalue weighted by atomic mass is 16.1. The molecule has 56 valence electrons. The molecule has 0 aliphatic carbocycles. The maximum Gasteiger partial charge on any atom is 0.137 e. The fourth-order valence-corrected chi connectivity index (χ4v) is 1.06. The van der Waals surface area contributed by atoms with E-state index in [-0.39, 0.29) is 0 Å². The molecule has 0 spiro atoms. The second-order valence-corrected chi connectivity index (χ2v) is 2.76. The number of allylic oxidation sites excluding steroid dienone is 1. The molecule has 1 rings (SSSR count). The zero-order valence-electron chi connectivity index (χ0n) is 6.10. The Bertz CT molecular complexity index is 138. The minimum Gasteiger partial charge on any atom is -0.316 e. The number of hydrogen-bond acceptors (Lipinski definition) is 2. The Morgan fingerprint density at radius 3 is 2.80 bits per heavy atom. The van der Waals surface area contributed by atoms with Crippen LogP contribution in [0.4, 0.5) is 0 Å². The third-order valence-electron chi connectivity index (χ3n) is 1.75. The number of ketones is 1. The smallest absolute Gasteiger partial charge is 0.137 e. The fourth-order valence-electron chi connectivity index (χ4n) is 1.06. The fraction of sp³-hybridized carbons (Fsp3) is 0.625. The molecule has 0 radical (unpaired) electrons. The molecule has 2 heteroatoms. The van der Waals surface area contributed by atoms with Crippen molar-refractivity contribution >= 4 is 5.78 Å². The summed E-state index contributed by atoms with van der Waals surface area (Å²) in [6.07, 6.45) is 2.95. The second kappa shape index (κ2) is 3.52. The van der Waals surface area contributed by atoms with Crippen molar-refractivity contribution < 1.29 is 4.79 Å². The summed E-state index contributed by atoms with van der Waals surface area (Å²) in [6.45, 7) is 5.55. The highest BCUT2D eigenvalue weighted by Crippen LogP contribution is 2.09. The van der Waals surface area contributed by atoms with Gasteiger partial charge in [0, 0.05) is 12.8 Å². The molecule has 1 saturated heterocycles. The lowest BCUT2D eigenvalue weighted by Crippen LogP contribution is -2.42. The first-order valence-corrected chi connectivity index (χ1v) is 3.66. The van der Waals surface area contributed by atoms with E-state index in [0.717, 1.165) is 19.5 Å². The van der Waals surface area contributed by atoms with Crippen LogP contribution in [0.3, 0.4) is 0 Å². The molecule has 0 aromatic rings. The van der Waals surface area contributed by atoms with Crippen molar-refractivity contribution in [2.24, 2.45) is 5.92 Å². The molecule has 2 nitrogen and oxygen atoms in total. The quantitative estimate of drug-likeness (QED) is 0.582. The van der Waals surface area contributed by atoms with Gasteiger partial charge in [-0.05, 0) is 19.0 Å². The van der Waals surface area contributed by atoms with E-state index in [1.54, 1.807) is 6.08 Å². The average Bonchev–Trinajstić information content (AvgIpc) is 1.80. The first-order chi connectivity index (χ1) is 4.83. The van der Waals surface area contributed by atoms with Gasteiger partial charge in [-0.3, -0.25) is 4.79 Å². The summed E-state index contributed by atoms with van der Waals surface area (Å²) in [7, 11) is 0. The van der Waals surface area contributed by atoms with Crippen molar-refractivity contribution in [3.05, 3.63) is 12.7 Å². The van der Waals surface area contributed by atoms with Crippen molar-refractivity contribution in [1.29, 1.82) is 0 Å². The van der Waals surface area contributed by atoms with Crippen LogP contribution < -0.4 is 5.32 Å². The number of carbonyl (C=O) groups excluding carboxylic acids is 1. The third kappa shape index (κ3) is 1.95. The Morgan fingerprint density at radius 1 is 1.70 bits per heavy atom. The van der Waals surface area contributed by atoms with E-state index in [0.29, 0.717) is 18.1 Å². The first kappa shape index (κ1) is 7.48. The molecular formula is C8H13NO. The molecular weight excluding hydrogens is 126 g/mol. The lowest BCUT2D eigenvalue weighted by Gasteiger charge is -2.25. The number of Topliss-reactive ketones (excluding diaryl/α,β-unsaturated/α-hetero) is 1. The van der Waals surface area contributed by atoms with E-state index in [2.05, 4.69) is 11.9 Å². The van der Waals surface area contributed by atoms with Crippen LogP contribution in [0.5, 0.6) is 0 Å². The molecule has 0 unspecified atom stereocenters. The summed E-state index contributed by atoms with van der Waals surface area (Å²) in [5.41, 5.74) is 0. The Morgan fingerprint density at radius 2 is 2.40 bits per heavy atom. The molecule has 0 saturated carbocycles. The van der Waals surface area contributed by atoms with Crippen molar-refractivity contribution in [3.63, 3.8) is 0 Å². The van der Waals surface area contributed by atoms with Crippen LogP contribution in [0.2, 0.25) is 0 Å². The lowest BCUT2D eigenvalue weighted by atomic mass is 9.96. The standard InChI is InChI=1S/C8H13NO/c1-2-3-8(10)4-7-5-9-6-7/h2,7,9H,1,3-6H2. The molecule has 0 aromatic heterocycles. The van der Waals surface area contributed by atoms with E-state index in [1.165, 1.54) is 0 Å². The third-order valence-corrected chi connectivity index (χ3v) is 1.75. The van der Waals surface area contributed by atoms with Gasteiger partial charge in [-0.15, -0.1) is 6.58 Å². The van der Waals surface area contributed by atoms with E-state index >= 15 is 0 Å². The minimum atomic E-state index is 0.321. The number of nitrogens with one attached hydrogen (secondary N) is 1. The van der Waals surface area contributed by atoms with Gasteiger partial charge in [-0.25, -0.2) is 0 Å². The van der Waals surface area contributed by atoms with Crippen molar-refractivity contribution in [3.8, 4) is 0 Å². The molecule has 0 amide bonds. The number of rotatable bonds is 4. The average molecular weight is 139 g/mol. The highest BCUT2D eigenvalue weighted by Gasteiger charge is 2.18. The summed E-state index contributed by atoms with van der Waals surface area (Å²) >= 11 is 0. The summed E-state index contributed by atoms with van der Waals surface area (Å²) in [4.78, 5) is 10.9. The van der Waals surface area contributed by atoms with Gasteiger partial charge < -0.3 is 5.32 Å². The predicted octanol–water partition coefficient (Wildman–Crippen LogP) is 0.741. The van der Waals surface area contributed by atoms with Crippen LogP contribution >= 0.6 is 0 Å². The van der Waals surface area contributed by atoms with E-state index in [9.17, 15) is 4.79 Å². The van der Waals surface area contributed by atoms with Crippen LogP contribution in [-0.2, 0) is 4.79 Å². The van der Waals surface area contributed by atoms with Crippen LogP contribution in [0.1, 0.15) is 12.8 Å². The lowest BCUT2D eigenvalue weighted by molar-refractivity contribution is -0.119. The molecule has 1 heterocycles. The topological polar surface area (TPSA) is 29.1 Å². The van der Waals surface area contributed by atoms with E-state index in [1.807, 2.05) is 0 Å². The molecule has 1 N–H and O–H groups in total. The van der Waals surface area contributed by atoms with Gasteiger partial charge in [0.25, 0.3) is 0 Å². The first-order valence-electron chi connectivity index (χ1n) is 3.66. The van der Waals surface area contributed by atoms with Crippen LogP contribution in [0, 0.1) is 5.92 Å². The van der Waals surface area contributed by atoms with Crippen LogP contribution in [0.15, 0.2) is 12.7 Å². The Labute approximate surface area is 61.3 Å². The van der Waals surface area contributed by atoms with Gasteiger partial charge in [0.1, 0.15) is 5.78 Å². The van der Waals surface area contributed by atoms with Gasteiger partial charge in [0.2, 0.25) is 0 Å². The number of hydrogen-bond donors (Lipinski definition) is 1. The van der Waals surface area contributed by atoms with E-state index in [4.69, 9.17) is 0 Å². The van der Waals surface area contributed by atoms with Crippen LogP contribution in [0.25, 0.3) is 0 Å². The van der Waals surface area contributed by atoms with Gasteiger partial charge in [0.05, 0.1) is 0 Å². The molecule has 0 aromatic carbocycles. The summed E-state index contributed by atoms with van der Waals surface area (Å²) in [6, 6.07) is 0. The molecule has 1 aliphatic heterocycles. The SMILES string of the molecule is C=CCC(=O)CC1CNC1. The maximum atomic E-state index is 10.9. The molecule has 0 atom stereocenters. The summed E-state index contributed by atoms with van der Waals surface area (Å²) in [5.74, 6) is 0.925. The molecule has 10 heavy (non-hydrogen) atoms. The number of carbonyl (C=O) groups is 1. The highest BCUT2D eigenvalue weighted by molar-refractivity contribution is 5.80. The summed E-state index contributed by atoms with van der Waals surface area (Å²) in [5, 5.41) is 3.13. The van der Waals surface area contributed by atoms with Crippen LogP contribution in [-0.4, -0.2) is 18.9 Å². The predicted molar refractivity (Wildman–Crippen MR) is 40.8 cm³/mol. The largest absolute Gasteiger partial charge is 0.316 e. The zero-order chi connectivity index (χ0) is 7.40. The van der Waals surface area contributed by atoms with Gasteiger partial charge in [-0.1, -0.05) is 6.08 Å². The Hall–Kier alpha value is -0.630. The van der Waals surface area contributed by atoms with Gasteiger partial charge >= 0.3 is 0 Å². The Balaban J connectivity index is 2.10. The Kier molecular flexibility index (Phi) is 2.63. The molecule has 1 aliphatic rings. The molecule has 1 fully saturated rings. The summed E-state index contributed by atoms with van der Waals surface area (Å²) < 4.78 is 0. The normalized spacial score (nSPS) is 18.0. The monoisotopic (exact) mass is 139 g/mol. The zero-order valence-corrected chi connectivity index (χ0v) is 6.10. The van der Waals surface area contributed by atoms with E-state index < -0.39 is 0 Å².